The lowest BCUT2D eigenvalue weighted by Crippen LogP contribution is -2.24. The molecule has 0 unspecified atom stereocenters. The number of esters is 1. The zero-order valence-electron chi connectivity index (χ0n) is 17.8. The van der Waals surface area contributed by atoms with Gasteiger partial charge >= 0.3 is 5.97 Å². The number of hydrogen-bond donors (Lipinski definition) is 0. The number of unbranched alkanes of at least 4 members (excludes halogenated alkanes) is 2. The summed E-state index contributed by atoms with van der Waals surface area (Å²) in [6.45, 7) is 2.26. The molecule has 3 heteroatoms. The Bertz CT molecular complexity index is 578. The highest BCUT2D eigenvalue weighted by atomic mass is 16.5. The minimum Gasteiger partial charge on any atom is -0.459 e. The molecule has 0 heterocycles. The molecule has 0 spiro atoms. The van der Waals surface area contributed by atoms with Crippen LogP contribution in [0, 0.1) is 5.92 Å². The van der Waals surface area contributed by atoms with E-state index in [1.54, 1.807) is 0 Å². The summed E-state index contributed by atoms with van der Waals surface area (Å²) in [6.07, 6.45) is 15.0. The molecule has 0 radical (unpaired) electrons. The third-order valence-electron chi connectivity index (χ3n) is 6.91. The summed E-state index contributed by atoms with van der Waals surface area (Å²) in [5.74, 6) is 1.29. The zero-order chi connectivity index (χ0) is 19.8. The van der Waals surface area contributed by atoms with E-state index in [1.807, 2.05) is 19.2 Å². The molecule has 0 bridgehead atoms. The van der Waals surface area contributed by atoms with Gasteiger partial charge in [-0.15, -0.1) is 0 Å². The number of hydrogen-bond acceptors (Lipinski definition) is 3. The zero-order valence-corrected chi connectivity index (χ0v) is 17.8. The first-order valence-corrected chi connectivity index (χ1v) is 11.5. The van der Waals surface area contributed by atoms with Crippen molar-refractivity contribution in [3.8, 4) is 0 Å². The van der Waals surface area contributed by atoms with E-state index in [0.717, 1.165) is 31.6 Å². The van der Waals surface area contributed by atoms with Crippen LogP contribution in [0.5, 0.6) is 0 Å². The van der Waals surface area contributed by atoms with Crippen LogP contribution in [0.3, 0.4) is 0 Å². The van der Waals surface area contributed by atoms with Gasteiger partial charge in [-0.1, -0.05) is 44.7 Å². The Kier molecular flexibility index (Phi) is 8.39. The predicted octanol–water partition coefficient (Wildman–Crippen LogP) is 6.66. The van der Waals surface area contributed by atoms with E-state index >= 15 is 0 Å². The maximum Gasteiger partial charge on any atom is 0.338 e. The highest BCUT2D eigenvalue weighted by Gasteiger charge is 2.25. The molecule has 0 aliphatic heterocycles. The highest BCUT2D eigenvalue weighted by Crippen LogP contribution is 2.34. The molecular weight excluding hydrogens is 348 g/mol. The quantitative estimate of drug-likeness (QED) is 0.370. The van der Waals surface area contributed by atoms with Gasteiger partial charge in [0.15, 0.2) is 0 Å². The van der Waals surface area contributed by atoms with Crippen molar-refractivity contribution in [1.29, 1.82) is 0 Å². The van der Waals surface area contributed by atoms with Crippen molar-refractivity contribution in [2.75, 3.05) is 7.11 Å². The molecule has 0 amide bonds. The minimum atomic E-state index is -0.149. The minimum absolute atomic E-state index is 0.110. The number of methoxy groups -OCH3 is 1. The van der Waals surface area contributed by atoms with Crippen LogP contribution in [0.15, 0.2) is 24.3 Å². The number of carbonyl (C=O) groups excluding carboxylic acids is 1. The molecule has 2 aliphatic rings. The predicted molar refractivity (Wildman–Crippen MR) is 114 cm³/mol. The third-order valence-corrected chi connectivity index (χ3v) is 6.91. The highest BCUT2D eigenvalue weighted by molar-refractivity contribution is 5.89. The molecule has 0 N–H and O–H groups in total. The van der Waals surface area contributed by atoms with Crippen LogP contribution in [0.1, 0.15) is 106 Å². The van der Waals surface area contributed by atoms with Crippen molar-refractivity contribution in [3.05, 3.63) is 35.4 Å². The van der Waals surface area contributed by atoms with Gasteiger partial charge in [0.2, 0.25) is 0 Å². The fourth-order valence-corrected chi connectivity index (χ4v) is 4.96. The summed E-state index contributed by atoms with van der Waals surface area (Å²) in [5.41, 5.74) is 2.04. The van der Waals surface area contributed by atoms with E-state index in [1.165, 1.54) is 56.9 Å². The maximum absolute atomic E-state index is 12.5. The molecule has 2 aliphatic carbocycles. The summed E-state index contributed by atoms with van der Waals surface area (Å²) in [7, 11) is 1.81. The normalized spacial score (nSPS) is 28.1. The van der Waals surface area contributed by atoms with Gasteiger partial charge in [-0.3, -0.25) is 0 Å². The lowest BCUT2D eigenvalue weighted by molar-refractivity contribution is 0.0161. The lowest BCUT2D eigenvalue weighted by Gasteiger charge is -2.28. The van der Waals surface area contributed by atoms with Gasteiger partial charge in [0.1, 0.15) is 6.10 Å². The van der Waals surface area contributed by atoms with Crippen molar-refractivity contribution < 1.29 is 14.3 Å². The Balaban J connectivity index is 1.43. The summed E-state index contributed by atoms with van der Waals surface area (Å²) in [6, 6.07) is 8.16. The van der Waals surface area contributed by atoms with Gasteiger partial charge in [0.25, 0.3) is 0 Å². The van der Waals surface area contributed by atoms with E-state index in [4.69, 9.17) is 9.47 Å². The SMILES string of the molecule is CCCCCC1CCC(OC(=O)c2ccc(C3CCC(OC)CC3)cc2)CC1. The Morgan fingerprint density at radius 3 is 2.14 bits per heavy atom. The van der Waals surface area contributed by atoms with Crippen LogP contribution in [-0.2, 0) is 9.47 Å². The molecule has 3 nitrogen and oxygen atoms in total. The van der Waals surface area contributed by atoms with Crippen LogP contribution in [0.25, 0.3) is 0 Å². The van der Waals surface area contributed by atoms with Gasteiger partial charge in [0, 0.05) is 7.11 Å². The number of ether oxygens (including phenoxy) is 2. The van der Waals surface area contributed by atoms with Crippen molar-refractivity contribution in [2.24, 2.45) is 5.92 Å². The van der Waals surface area contributed by atoms with Gasteiger partial charge in [0.05, 0.1) is 11.7 Å². The Morgan fingerprint density at radius 2 is 1.54 bits per heavy atom. The summed E-state index contributed by atoms with van der Waals surface area (Å²) >= 11 is 0. The average Bonchev–Trinajstić information content (AvgIpc) is 2.75. The molecule has 3 rings (SSSR count). The summed E-state index contributed by atoms with van der Waals surface area (Å²) < 4.78 is 11.3. The smallest absolute Gasteiger partial charge is 0.338 e. The first-order chi connectivity index (χ1) is 13.7. The number of benzene rings is 1. The van der Waals surface area contributed by atoms with E-state index in [2.05, 4.69) is 19.1 Å². The van der Waals surface area contributed by atoms with Crippen LogP contribution in [0.2, 0.25) is 0 Å². The van der Waals surface area contributed by atoms with Crippen LogP contribution < -0.4 is 0 Å². The Hall–Kier alpha value is -1.35. The molecule has 1 aromatic rings. The summed E-state index contributed by atoms with van der Waals surface area (Å²) in [4.78, 5) is 12.5. The van der Waals surface area contributed by atoms with Gasteiger partial charge in [-0.05, 0) is 80.9 Å². The largest absolute Gasteiger partial charge is 0.459 e. The maximum atomic E-state index is 12.5. The first-order valence-electron chi connectivity index (χ1n) is 11.5. The van der Waals surface area contributed by atoms with Crippen LogP contribution >= 0.6 is 0 Å². The van der Waals surface area contributed by atoms with Gasteiger partial charge in [-0.25, -0.2) is 4.79 Å². The van der Waals surface area contributed by atoms with E-state index in [-0.39, 0.29) is 12.1 Å². The molecule has 1 aromatic carbocycles. The second kappa shape index (κ2) is 11.0. The second-order valence-electron chi connectivity index (χ2n) is 8.88. The monoisotopic (exact) mass is 386 g/mol. The van der Waals surface area contributed by atoms with E-state index in [0.29, 0.717) is 17.6 Å². The van der Waals surface area contributed by atoms with E-state index in [9.17, 15) is 4.79 Å². The molecule has 2 saturated carbocycles. The lowest BCUT2D eigenvalue weighted by atomic mass is 9.82. The fraction of sp³-hybridized carbons (Fsp3) is 0.720. The molecule has 2 fully saturated rings. The number of carbonyl (C=O) groups is 1. The molecular formula is C25H38O3. The molecule has 0 saturated heterocycles. The topological polar surface area (TPSA) is 35.5 Å². The Morgan fingerprint density at radius 1 is 0.893 bits per heavy atom. The third kappa shape index (κ3) is 6.07. The van der Waals surface area contributed by atoms with Crippen molar-refractivity contribution in [1.82, 2.24) is 0 Å². The van der Waals surface area contributed by atoms with Gasteiger partial charge < -0.3 is 9.47 Å². The van der Waals surface area contributed by atoms with Crippen LogP contribution in [-0.4, -0.2) is 25.3 Å². The van der Waals surface area contributed by atoms with Crippen molar-refractivity contribution >= 4 is 5.97 Å². The molecule has 28 heavy (non-hydrogen) atoms. The first kappa shape index (κ1) is 21.4. The fourth-order valence-electron chi connectivity index (χ4n) is 4.96. The molecule has 0 aromatic heterocycles. The van der Waals surface area contributed by atoms with E-state index < -0.39 is 0 Å². The molecule has 156 valence electrons. The standard InChI is InChI=1S/C25H38O3/c1-3-4-5-6-19-7-15-24(16-8-19)28-25(26)22-11-9-20(10-12-22)21-13-17-23(27-2)18-14-21/h9-12,19,21,23-24H,3-8,13-18H2,1-2H3. The van der Waals surface area contributed by atoms with Crippen LogP contribution in [0.4, 0.5) is 0 Å². The molecule has 0 atom stereocenters. The van der Waals surface area contributed by atoms with Crippen molar-refractivity contribution in [2.45, 2.75) is 102 Å². The number of rotatable bonds is 8. The average molecular weight is 387 g/mol. The second-order valence-corrected chi connectivity index (χ2v) is 8.88. The van der Waals surface area contributed by atoms with Gasteiger partial charge in [-0.2, -0.15) is 0 Å². The van der Waals surface area contributed by atoms with Crippen molar-refractivity contribution in [3.63, 3.8) is 0 Å². The summed E-state index contributed by atoms with van der Waals surface area (Å²) in [5, 5.41) is 0. The Labute approximate surface area is 171 Å².